The first-order valence-electron chi connectivity index (χ1n) is 8.71. The van der Waals surface area contributed by atoms with Gasteiger partial charge in [-0.1, -0.05) is 29.8 Å². The maximum absolute atomic E-state index is 12.3. The topological polar surface area (TPSA) is 59.6 Å². The monoisotopic (exact) mass is 396 g/mol. The molecule has 0 fully saturated rings. The van der Waals surface area contributed by atoms with Crippen LogP contribution in [0.2, 0.25) is 5.02 Å². The molecule has 0 unspecified atom stereocenters. The molecule has 0 radical (unpaired) electrons. The molecule has 6 heteroatoms. The second kappa shape index (κ2) is 9.15. The summed E-state index contributed by atoms with van der Waals surface area (Å²) < 4.78 is 10.5. The van der Waals surface area contributed by atoms with Gasteiger partial charge in [0.05, 0.1) is 31.4 Å². The summed E-state index contributed by atoms with van der Waals surface area (Å²) in [6.07, 6.45) is 0.236. The van der Waals surface area contributed by atoms with Gasteiger partial charge in [0.15, 0.2) is 11.5 Å². The fraction of sp³-hybridized carbons (Fsp3) is 0.136. The van der Waals surface area contributed by atoms with Gasteiger partial charge in [-0.3, -0.25) is 4.79 Å². The maximum atomic E-state index is 12.3. The zero-order valence-corrected chi connectivity index (χ0v) is 16.4. The van der Waals surface area contributed by atoms with Crippen molar-refractivity contribution in [2.75, 3.05) is 24.9 Å². The van der Waals surface area contributed by atoms with E-state index in [0.717, 1.165) is 22.6 Å². The Bertz CT molecular complexity index is 958. The second-order valence-corrected chi connectivity index (χ2v) is 6.50. The largest absolute Gasteiger partial charge is 0.493 e. The molecule has 3 aromatic rings. The summed E-state index contributed by atoms with van der Waals surface area (Å²) in [5, 5.41) is 6.79. The number of rotatable bonds is 7. The molecule has 0 atom stereocenters. The second-order valence-electron chi connectivity index (χ2n) is 6.10. The number of anilines is 3. The molecule has 1 amide bonds. The maximum Gasteiger partial charge on any atom is 0.228 e. The van der Waals surface area contributed by atoms with Crippen LogP contribution in [0.1, 0.15) is 5.56 Å². The minimum absolute atomic E-state index is 0.112. The lowest BCUT2D eigenvalue weighted by atomic mass is 10.1. The van der Waals surface area contributed by atoms with Gasteiger partial charge >= 0.3 is 0 Å². The van der Waals surface area contributed by atoms with E-state index in [1.54, 1.807) is 26.4 Å². The van der Waals surface area contributed by atoms with Crippen LogP contribution < -0.4 is 20.1 Å². The van der Waals surface area contributed by atoms with Crippen molar-refractivity contribution in [3.63, 3.8) is 0 Å². The lowest BCUT2D eigenvalue weighted by molar-refractivity contribution is -0.115. The van der Waals surface area contributed by atoms with Crippen molar-refractivity contribution in [3.05, 3.63) is 77.3 Å². The summed E-state index contributed by atoms with van der Waals surface area (Å²) >= 11 is 6.16. The first-order valence-corrected chi connectivity index (χ1v) is 9.09. The van der Waals surface area contributed by atoms with Crippen molar-refractivity contribution in [1.29, 1.82) is 0 Å². The number of amides is 1. The summed E-state index contributed by atoms with van der Waals surface area (Å²) in [5.74, 6) is 1.12. The molecular formula is C22H21ClN2O3. The van der Waals surface area contributed by atoms with Crippen molar-refractivity contribution >= 4 is 34.6 Å². The number of nitrogens with one attached hydrogen (secondary N) is 2. The lowest BCUT2D eigenvalue weighted by Crippen LogP contribution is -2.14. The first kappa shape index (κ1) is 19.6. The molecule has 3 rings (SSSR count). The van der Waals surface area contributed by atoms with Crippen LogP contribution in [-0.2, 0) is 11.2 Å². The van der Waals surface area contributed by atoms with E-state index in [0.29, 0.717) is 16.5 Å². The summed E-state index contributed by atoms with van der Waals surface area (Å²) in [6, 6.07) is 20.4. The van der Waals surface area contributed by atoms with Gasteiger partial charge in [0.2, 0.25) is 5.91 Å². The summed E-state index contributed by atoms with van der Waals surface area (Å²) in [6.45, 7) is 0. The van der Waals surface area contributed by atoms with E-state index >= 15 is 0 Å². The molecule has 3 aromatic carbocycles. The van der Waals surface area contributed by atoms with Crippen LogP contribution in [0.15, 0.2) is 66.7 Å². The SMILES string of the molecule is COc1ccc(CC(=O)Nc2ccc(Nc3ccccc3Cl)cc2)cc1OC. The normalized spacial score (nSPS) is 10.2. The molecule has 144 valence electrons. The molecule has 28 heavy (non-hydrogen) atoms. The molecule has 0 saturated carbocycles. The van der Waals surface area contributed by atoms with Crippen LogP contribution in [0.25, 0.3) is 0 Å². The highest BCUT2D eigenvalue weighted by atomic mass is 35.5. The molecule has 0 saturated heterocycles. The van der Waals surface area contributed by atoms with E-state index in [1.807, 2.05) is 54.6 Å². The van der Waals surface area contributed by atoms with Gasteiger partial charge in [-0.2, -0.15) is 0 Å². The smallest absolute Gasteiger partial charge is 0.228 e. The average Bonchev–Trinajstić information content (AvgIpc) is 2.71. The van der Waals surface area contributed by atoms with Gasteiger partial charge < -0.3 is 20.1 Å². The van der Waals surface area contributed by atoms with Gasteiger partial charge in [-0.05, 0) is 54.1 Å². The highest BCUT2D eigenvalue weighted by Crippen LogP contribution is 2.28. The van der Waals surface area contributed by atoms with Crippen molar-refractivity contribution in [2.45, 2.75) is 6.42 Å². The number of halogens is 1. The molecule has 0 bridgehead atoms. The Hall–Kier alpha value is -3.18. The highest BCUT2D eigenvalue weighted by Gasteiger charge is 2.09. The van der Waals surface area contributed by atoms with E-state index in [4.69, 9.17) is 21.1 Å². The van der Waals surface area contributed by atoms with E-state index in [1.165, 1.54) is 0 Å². The number of carbonyl (C=O) groups is 1. The third-order valence-electron chi connectivity index (χ3n) is 4.13. The molecule has 0 aliphatic carbocycles. The Morgan fingerprint density at radius 1 is 0.893 bits per heavy atom. The zero-order chi connectivity index (χ0) is 19.9. The van der Waals surface area contributed by atoms with E-state index in [-0.39, 0.29) is 12.3 Å². The molecular weight excluding hydrogens is 376 g/mol. The average molecular weight is 397 g/mol. The van der Waals surface area contributed by atoms with Gasteiger partial charge in [0, 0.05) is 11.4 Å². The Morgan fingerprint density at radius 3 is 2.25 bits per heavy atom. The lowest BCUT2D eigenvalue weighted by Gasteiger charge is -2.11. The Labute approximate surface area is 169 Å². The summed E-state index contributed by atoms with van der Waals surface area (Å²) in [5.41, 5.74) is 3.27. The number of carbonyl (C=O) groups excluding carboxylic acids is 1. The first-order chi connectivity index (χ1) is 13.6. The van der Waals surface area contributed by atoms with Gasteiger partial charge in [-0.15, -0.1) is 0 Å². The van der Waals surface area contributed by atoms with Crippen LogP contribution in [0, 0.1) is 0 Å². The molecule has 0 aliphatic heterocycles. The molecule has 0 spiro atoms. The molecule has 2 N–H and O–H groups in total. The Kier molecular flexibility index (Phi) is 6.40. The fourth-order valence-electron chi connectivity index (χ4n) is 2.74. The predicted octanol–water partition coefficient (Wildman–Crippen LogP) is 5.28. The molecule has 5 nitrogen and oxygen atoms in total. The quantitative estimate of drug-likeness (QED) is 0.570. The van der Waals surface area contributed by atoms with Crippen LogP contribution in [-0.4, -0.2) is 20.1 Å². The number of ether oxygens (including phenoxy) is 2. The van der Waals surface area contributed by atoms with Gasteiger partial charge in [-0.25, -0.2) is 0 Å². The van der Waals surface area contributed by atoms with Crippen molar-refractivity contribution < 1.29 is 14.3 Å². The Morgan fingerprint density at radius 2 is 1.57 bits per heavy atom. The van der Waals surface area contributed by atoms with Crippen molar-refractivity contribution in [2.24, 2.45) is 0 Å². The van der Waals surface area contributed by atoms with E-state index < -0.39 is 0 Å². The number of benzene rings is 3. The van der Waals surface area contributed by atoms with Crippen LogP contribution in [0.3, 0.4) is 0 Å². The third kappa shape index (κ3) is 4.96. The summed E-state index contributed by atoms with van der Waals surface area (Å²) in [7, 11) is 3.15. The van der Waals surface area contributed by atoms with Gasteiger partial charge in [0.1, 0.15) is 0 Å². The predicted molar refractivity (Wildman–Crippen MR) is 113 cm³/mol. The fourth-order valence-corrected chi connectivity index (χ4v) is 2.92. The van der Waals surface area contributed by atoms with E-state index in [2.05, 4.69) is 10.6 Å². The highest BCUT2D eigenvalue weighted by molar-refractivity contribution is 6.33. The van der Waals surface area contributed by atoms with Crippen LogP contribution in [0.5, 0.6) is 11.5 Å². The van der Waals surface area contributed by atoms with Gasteiger partial charge in [0.25, 0.3) is 0 Å². The number of hydrogen-bond donors (Lipinski definition) is 2. The third-order valence-corrected chi connectivity index (χ3v) is 4.46. The molecule has 0 heterocycles. The standard InChI is InChI=1S/C22H21ClN2O3/c1-27-20-12-7-15(13-21(20)28-2)14-22(26)25-17-10-8-16(9-11-17)24-19-6-4-3-5-18(19)23/h3-13,24H,14H2,1-2H3,(H,25,26). The van der Waals surface area contributed by atoms with Crippen molar-refractivity contribution in [3.8, 4) is 11.5 Å². The zero-order valence-electron chi connectivity index (χ0n) is 15.7. The summed E-state index contributed by atoms with van der Waals surface area (Å²) in [4.78, 5) is 12.3. The van der Waals surface area contributed by atoms with E-state index in [9.17, 15) is 4.79 Å². The molecule has 0 aliphatic rings. The van der Waals surface area contributed by atoms with Crippen molar-refractivity contribution in [1.82, 2.24) is 0 Å². The van der Waals surface area contributed by atoms with Crippen LogP contribution >= 0.6 is 11.6 Å². The minimum Gasteiger partial charge on any atom is -0.493 e. The number of hydrogen-bond acceptors (Lipinski definition) is 4. The number of para-hydroxylation sites is 1. The minimum atomic E-state index is -0.112. The molecule has 0 aromatic heterocycles. The Balaban J connectivity index is 1.61. The number of methoxy groups -OCH3 is 2. The van der Waals surface area contributed by atoms with Crippen LogP contribution in [0.4, 0.5) is 17.1 Å².